The molecule has 1 N–H and O–H groups in total. The number of nitrogens with one attached hydrogen (secondary N) is 1. The first-order valence-corrected chi connectivity index (χ1v) is 9.34. The maximum Gasteiger partial charge on any atom is 0.220 e. The topological polar surface area (TPSA) is 71.0 Å². The Balaban J connectivity index is 1.68. The average Bonchev–Trinajstić information content (AvgIpc) is 2.67. The quantitative estimate of drug-likeness (QED) is 0.863. The van der Waals surface area contributed by atoms with E-state index in [1.165, 1.54) is 32.1 Å². The van der Waals surface area contributed by atoms with Crippen molar-refractivity contribution in [2.75, 3.05) is 19.0 Å². The first-order valence-electron chi connectivity index (χ1n) is 9.34. The molecule has 6 nitrogen and oxygen atoms in total. The van der Waals surface area contributed by atoms with Gasteiger partial charge in [-0.1, -0.05) is 19.3 Å². The van der Waals surface area contributed by atoms with Crippen LogP contribution in [0.5, 0.6) is 0 Å². The third-order valence-corrected chi connectivity index (χ3v) is 4.81. The largest absolute Gasteiger partial charge is 0.363 e. The van der Waals surface area contributed by atoms with Gasteiger partial charge in [-0.05, 0) is 30.9 Å². The van der Waals surface area contributed by atoms with Crippen LogP contribution in [-0.2, 0) is 11.3 Å². The van der Waals surface area contributed by atoms with Crippen LogP contribution in [0.2, 0.25) is 0 Å². The Morgan fingerprint density at radius 3 is 2.73 bits per heavy atom. The molecule has 1 saturated carbocycles. The van der Waals surface area contributed by atoms with Crippen molar-refractivity contribution >= 4 is 11.7 Å². The zero-order valence-electron chi connectivity index (χ0n) is 15.6. The standard InChI is InChI=1S/C20H27N5O/c1-25(2)18-12-17(23-20(24-18)16-9-6-10-21-13-16)14-22-19(26)11-15-7-4-3-5-8-15/h6,9-10,12-13,15H,3-5,7-8,11,14H2,1-2H3,(H,22,26). The molecule has 0 unspecified atom stereocenters. The highest BCUT2D eigenvalue weighted by Gasteiger charge is 2.17. The zero-order valence-corrected chi connectivity index (χ0v) is 15.6. The molecule has 1 amide bonds. The van der Waals surface area contributed by atoms with E-state index in [0.29, 0.717) is 24.7 Å². The van der Waals surface area contributed by atoms with Crippen LogP contribution in [0.4, 0.5) is 5.82 Å². The van der Waals surface area contributed by atoms with Crippen LogP contribution in [0.3, 0.4) is 0 Å². The van der Waals surface area contributed by atoms with Crippen molar-refractivity contribution in [3.05, 3.63) is 36.3 Å². The minimum Gasteiger partial charge on any atom is -0.363 e. The summed E-state index contributed by atoms with van der Waals surface area (Å²) in [7, 11) is 3.89. The van der Waals surface area contributed by atoms with Crippen molar-refractivity contribution in [3.8, 4) is 11.4 Å². The number of aromatic nitrogens is 3. The van der Waals surface area contributed by atoms with E-state index in [0.717, 1.165) is 17.1 Å². The molecule has 26 heavy (non-hydrogen) atoms. The fourth-order valence-electron chi connectivity index (χ4n) is 3.34. The highest BCUT2D eigenvalue weighted by Crippen LogP contribution is 2.26. The highest BCUT2D eigenvalue weighted by atomic mass is 16.1. The number of pyridine rings is 1. The molecule has 0 aromatic carbocycles. The van der Waals surface area contributed by atoms with Gasteiger partial charge in [0.25, 0.3) is 0 Å². The molecular formula is C20H27N5O. The molecule has 0 atom stereocenters. The van der Waals surface area contributed by atoms with Gasteiger partial charge in [0.1, 0.15) is 5.82 Å². The lowest BCUT2D eigenvalue weighted by Crippen LogP contribution is -2.26. The molecule has 0 spiro atoms. The Kier molecular flexibility index (Phi) is 6.15. The first kappa shape index (κ1) is 18.3. The third-order valence-electron chi connectivity index (χ3n) is 4.81. The summed E-state index contributed by atoms with van der Waals surface area (Å²) in [6.45, 7) is 0.419. The average molecular weight is 353 g/mol. The molecule has 0 aliphatic heterocycles. The lowest BCUT2D eigenvalue weighted by atomic mass is 9.87. The number of carbonyl (C=O) groups excluding carboxylic acids is 1. The van der Waals surface area contributed by atoms with Crippen LogP contribution in [0.1, 0.15) is 44.2 Å². The molecule has 0 radical (unpaired) electrons. The number of rotatable bonds is 6. The van der Waals surface area contributed by atoms with E-state index in [2.05, 4.69) is 20.3 Å². The molecule has 2 heterocycles. The molecule has 1 aliphatic carbocycles. The minimum atomic E-state index is 0.116. The Morgan fingerprint density at radius 2 is 2.04 bits per heavy atom. The summed E-state index contributed by atoms with van der Waals surface area (Å²) in [5, 5.41) is 3.03. The van der Waals surface area contributed by atoms with Gasteiger partial charge in [-0.25, -0.2) is 9.97 Å². The summed E-state index contributed by atoms with van der Waals surface area (Å²) in [5.41, 5.74) is 1.67. The summed E-state index contributed by atoms with van der Waals surface area (Å²) >= 11 is 0. The second-order valence-electron chi connectivity index (χ2n) is 7.16. The van der Waals surface area contributed by atoms with Crippen LogP contribution in [-0.4, -0.2) is 35.0 Å². The van der Waals surface area contributed by atoms with Crippen LogP contribution in [0.15, 0.2) is 30.6 Å². The van der Waals surface area contributed by atoms with Crippen molar-refractivity contribution in [2.24, 2.45) is 5.92 Å². The van der Waals surface area contributed by atoms with E-state index < -0.39 is 0 Å². The van der Waals surface area contributed by atoms with Crippen LogP contribution < -0.4 is 10.2 Å². The molecule has 6 heteroatoms. The van der Waals surface area contributed by atoms with E-state index in [-0.39, 0.29) is 5.91 Å². The molecule has 0 bridgehead atoms. The van der Waals surface area contributed by atoms with E-state index in [9.17, 15) is 4.79 Å². The van der Waals surface area contributed by atoms with Crippen LogP contribution in [0, 0.1) is 5.92 Å². The number of carbonyl (C=O) groups is 1. The van der Waals surface area contributed by atoms with Gasteiger partial charge in [-0.2, -0.15) is 0 Å². The van der Waals surface area contributed by atoms with E-state index in [1.807, 2.05) is 37.2 Å². The fourth-order valence-corrected chi connectivity index (χ4v) is 3.34. The van der Waals surface area contributed by atoms with Crippen molar-refractivity contribution in [1.29, 1.82) is 0 Å². The molecule has 2 aromatic rings. The number of hydrogen-bond donors (Lipinski definition) is 1. The van der Waals surface area contributed by atoms with Gasteiger partial charge in [0.2, 0.25) is 5.91 Å². The number of nitrogens with zero attached hydrogens (tertiary/aromatic N) is 4. The highest BCUT2D eigenvalue weighted by molar-refractivity contribution is 5.76. The normalized spacial score (nSPS) is 14.8. The van der Waals surface area contributed by atoms with Gasteiger partial charge in [0.15, 0.2) is 5.82 Å². The number of hydrogen-bond acceptors (Lipinski definition) is 5. The summed E-state index contributed by atoms with van der Waals surface area (Å²) < 4.78 is 0. The second kappa shape index (κ2) is 8.74. The van der Waals surface area contributed by atoms with E-state index in [1.54, 1.807) is 12.4 Å². The molecule has 3 rings (SSSR count). The third kappa shape index (κ3) is 5.00. The van der Waals surface area contributed by atoms with Gasteiger partial charge < -0.3 is 10.2 Å². The smallest absolute Gasteiger partial charge is 0.220 e. The maximum atomic E-state index is 12.3. The summed E-state index contributed by atoms with van der Waals surface area (Å²) in [4.78, 5) is 27.6. The monoisotopic (exact) mass is 353 g/mol. The molecule has 138 valence electrons. The summed E-state index contributed by atoms with van der Waals surface area (Å²) in [6.07, 6.45) is 10.3. The minimum absolute atomic E-state index is 0.116. The predicted molar refractivity (Wildman–Crippen MR) is 103 cm³/mol. The molecule has 1 aliphatic rings. The van der Waals surface area contributed by atoms with Crippen LogP contribution >= 0.6 is 0 Å². The maximum absolute atomic E-state index is 12.3. The Hall–Kier alpha value is -2.50. The lowest BCUT2D eigenvalue weighted by Gasteiger charge is -2.21. The van der Waals surface area contributed by atoms with Gasteiger partial charge in [0.05, 0.1) is 12.2 Å². The lowest BCUT2D eigenvalue weighted by molar-refractivity contribution is -0.122. The summed E-state index contributed by atoms with van der Waals surface area (Å²) in [5.74, 6) is 2.10. The Morgan fingerprint density at radius 1 is 1.23 bits per heavy atom. The SMILES string of the molecule is CN(C)c1cc(CNC(=O)CC2CCCCC2)nc(-c2cccnc2)n1. The van der Waals surface area contributed by atoms with Crippen molar-refractivity contribution in [1.82, 2.24) is 20.3 Å². The molecule has 2 aromatic heterocycles. The zero-order chi connectivity index (χ0) is 18.4. The van der Waals surface area contributed by atoms with Crippen LogP contribution in [0.25, 0.3) is 11.4 Å². The van der Waals surface area contributed by atoms with E-state index in [4.69, 9.17) is 0 Å². The second-order valence-corrected chi connectivity index (χ2v) is 7.16. The molecule has 1 fully saturated rings. The van der Waals surface area contributed by atoms with E-state index >= 15 is 0 Å². The summed E-state index contributed by atoms with van der Waals surface area (Å²) in [6, 6.07) is 5.72. The Bertz CT molecular complexity index is 726. The Labute approximate surface area is 155 Å². The van der Waals surface area contributed by atoms with Gasteiger partial charge in [-0.15, -0.1) is 0 Å². The van der Waals surface area contributed by atoms with Crippen molar-refractivity contribution in [2.45, 2.75) is 45.1 Å². The molecule has 0 saturated heterocycles. The predicted octanol–water partition coefficient (Wildman–Crippen LogP) is 3.19. The van der Waals surface area contributed by atoms with Gasteiger partial charge in [0, 0.05) is 44.5 Å². The van der Waals surface area contributed by atoms with Gasteiger partial charge in [-0.3, -0.25) is 9.78 Å². The fraction of sp³-hybridized carbons (Fsp3) is 0.500. The number of anilines is 1. The molecular weight excluding hydrogens is 326 g/mol. The van der Waals surface area contributed by atoms with Crippen molar-refractivity contribution in [3.63, 3.8) is 0 Å². The first-order chi connectivity index (χ1) is 12.6. The van der Waals surface area contributed by atoms with Crippen molar-refractivity contribution < 1.29 is 4.79 Å². The van der Waals surface area contributed by atoms with Gasteiger partial charge >= 0.3 is 0 Å². The number of amides is 1.